The molecule has 7 heteroatoms. The predicted octanol–water partition coefficient (Wildman–Crippen LogP) is 3.69. The lowest BCUT2D eigenvalue weighted by Crippen LogP contribution is -2.06. The van der Waals surface area contributed by atoms with Crippen molar-refractivity contribution in [2.24, 2.45) is 4.99 Å². The minimum atomic E-state index is -2.88. The molecule has 1 aromatic carbocycles. The summed E-state index contributed by atoms with van der Waals surface area (Å²) in [5.74, 6) is -0.384. The van der Waals surface area contributed by atoms with Crippen molar-refractivity contribution in [1.82, 2.24) is 0 Å². The molecule has 0 spiro atoms. The van der Waals surface area contributed by atoms with E-state index in [-0.39, 0.29) is 17.3 Å². The minimum Gasteiger partial charge on any atom is -0.435 e. The Morgan fingerprint density at radius 1 is 1.23 bits per heavy atom. The van der Waals surface area contributed by atoms with Crippen molar-refractivity contribution in [3.63, 3.8) is 0 Å². The van der Waals surface area contributed by atoms with E-state index in [1.807, 2.05) is 17.5 Å². The first-order valence-electron chi connectivity index (χ1n) is 6.23. The summed E-state index contributed by atoms with van der Waals surface area (Å²) >= 11 is 1.48. The number of alkyl halides is 2. The highest BCUT2D eigenvalue weighted by Crippen LogP contribution is 2.22. The van der Waals surface area contributed by atoms with Crippen molar-refractivity contribution in [3.05, 3.63) is 57.9 Å². The van der Waals surface area contributed by atoms with Crippen LogP contribution in [-0.4, -0.2) is 18.5 Å². The van der Waals surface area contributed by atoms with E-state index in [1.54, 1.807) is 6.08 Å². The van der Waals surface area contributed by atoms with Crippen LogP contribution >= 0.6 is 11.3 Å². The van der Waals surface area contributed by atoms with Crippen LogP contribution in [0.4, 0.5) is 8.78 Å². The molecule has 0 radical (unpaired) electrons. The van der Waals surface area contributed by atoms with Gasteiger partial charge in [-0.1, -0.05) is 6.07 Å². The molecule has 0 aliphatic carbocycles. The first-order valence-corrected chi connectivity index (χ1v) is 7.11. The number of nitrogens with zero attached hydrogens (tertiary/aromatic N) is 1. The van der Waals surface area contributed by atoms with Crippen molar-refractivity contribution in [2.75, 3.05) is 0 Å². The van der Waals surface area contributed by atoms with Gasteiger partial charge in [-0.05, 0) is 41.8 Å². The number of aliphatic imine (C=N–C) groups is 1. The fourth-order valence-electron chi connectivity index (χ4n) is 1.82. The molecule has 0 atom stereocenters. The second kappa shape index (κ2) is 6.07. The Morgan fingerprint density at radius 2 is 2.00 bits per heavy atom. The van der Waals surface area contributed by atoms with Crippen molar-refractivity contribution in [1.29, 1.82) is 0 Å². The Kier molecular flexibility index (Phi) is 3.97. The highest BCUT2D eigenvalue weighted by Gasteiger charge is 2.24. The van der Waals surface area contributed by atoms with E-state index < -0.39 is 12.6 Å². The topological polar surface area (TPSA) is 47.9 Å². The number of hydrogen-bond donors (Lipinski definition) is 0. The number of benzene rings is 1. The van der Waals surface area contributed by atoms with Crippen molar-refractivity contribution < 1.29 is 23.0 Å². The number of carbonyl (C=O) groups is 1. The van der Waals surface area contributed by atoms with E-state index in [4.69, 9.17) is 4.74 Å². The van der Waals surface area contributed by atoms with E-state index in [2.05, 4.69) is 9.73 Å². The summed E-state index contributed by atoms with van der Waals surface area (Å²) in [5.41, 5.74) is 0.704. The number of cyclic esters (lactones) is 1. The van der Waals surface area contributed by atoms with Crippen LogP contribution in [0.3, 0.4) is 0 Å². The highest BCUT2D eigenvalue weighted by atomic mass is 32.1. The molecule has 0 bridgehead atoms. The van der Waals surface area contributed by atoms with E-state index in [9.17, 15) is 13.6 Å². The summed E-state index contributed by atoms with van der Waals surface area (Å²) in [4.78, 5) is 16.8. The van der Waals surface area contributed by atoms with Crippen LogP contribution in [0.15, 0.2) is 52.5 Å². The average molecular weight is 321 g/mol. The third-order valence-electron chi connectivity index (χ3n) is 2.77. The van der Waals surface area contributed by atoms with Gasteiger partial charge in [0, 0.05) is 10.4 Å². The largest absolute Gasteiger partial charge is 0.435 e. The fourth-order valence-corrected chi connectivity index (χ4v) is 2.47. The summed E-state index contributed by atoms with van der Waals surface area (Å²) < 4.78 is 33.5. The van der Waals surface area contributed by atoms with Gasteiger partial charge >= 0.3 is 12.6 Å². The van der Waals surface area contributed by atoms with Crippen molar-refractivity contribution >= 4 is 29.3 Å². The highest BCUT2D eigenvalue weighted by molar-refractivity contribution is 7.10. The van der Waals surface area contributed by atoms with E-state index >= 15 is 0 Å². The number of hydrogen-bond acceptors (Lipinski definition) is 5. The van der Waals surface area contributed by atoms with Gasteiger partial charge in [0.15, 0.2) is 5.70 Å². The zero-order valence-corrected chi connectivity index (χ0v) is 11.8. The first kappa shape index (κ1) is 14.4. The van der Waals surface area contributed by atoms with Crippen LogP contribution < -0.4 is 4.74 Å². The second-order valence-electron chi connectivity index (χ2n) is 4.25. The van der Waals surface area contributed by atoms with Gasteiger partial charge in [-0.3, -0.25) is 0 Å². The molecule has 1 aromatic heterocycles. The molecule has 112 valence electrons. The molecule has 0 unspecified atom stereocenters. The van der Waals surface area contributed by atoms with Crippen LogP contribution in [-0.2, 0) is 9.53 Å². The van der Waals surface area contributed by atoms with E-state index in [0.29, 0.717) is 5.56 Å². The fraction of sp³-hybridized carbons (Fsp3) is 0.0667. The summed E-state index contributed by atoms with van der Waals surface area (Å²) in [6.07, 6.45) is 1.63. The van der Waals surface area contributed by atoms with Crippen LogP contribution in [0.2, 0.25) is 0 Å². The second-order valence-corrected chi connectivity index (χ2v) is 5.23. The van der Waals surface area contributed by atoms with Crippen LogP contribution in [0.5, 0.6) is 5.75 Å². The van der Waals surface area contributed by atoms with E-state index in [0.717, 1.165) is 4.88 Å². The lowest BCUT2D eigenvalue weighted by Gasteiger charge is -2.04. The number of ether oxygens (including phenoxy) is 2. The average Bonchev–Trinajstić information content (AvgIpc) is 3.10. The molecular weight excluding hydrogens is 312 g/mol. The molecule has 0 amide bonds. The standard InChI is InChI=1S/C15H9F2NO3S/c16-15(17)20-10-5-3-9(4-6-10)13-18-12(14(19)21-13)8-11-2-1-7-22-11/h1-8,15H/b12-8+. The molecule has 22 heavy (non-hydrogen) atoms. The summed E-state index contributed by atoms with van der Waals surface area (Å²) in [5, 5.41) is 1.89. The number of esters is 1. The molecular formula is C15H9F2NO3S. The van der Waals surface area contributed by atoms with Gasteiger partial charge in [-0.15, -0.1) is 11.3 Å². The van der Waals surface area contributed by atoms with Crippen molar-refractivity contribution in [3.8, 4) is 5.75 Å². The van der Waals surface area contributed by atoms with Gasteiger partial charge in [-0.2, -0.15) is 8.78 Å². The molecule has 4 nitrogen and oxygen atoms in total. The summed E-state index contributed by atoms with van der Waals surface area (Å²) in [7, 11) is 0. The van der Waals surface area contributed by atoms with Gasteiger partial charge in [-0.25, -0.2) is 9.79 Å². The van der Waals surface area contributed by atoms with Crippen molar-refractivity contribution in [2.45, 2.75) is 6.61 Å². The lowest BCUT2D eigenvalue weighted by molar-refractivity contribution is -0.129. The zero-order chi connectivity index (χ0) is 15.5. The monoisotopic (exact) mass is 321 g/mol. The Balaban J connectivity index is 1.82. The lowest BCUT2D eigenvalue weighted by atomic mass is 10.2. The Bertz CT molecular complexity index is 737. The Labute approximate surface area is 128 Å². The summed E-state index contributed by atoms with van der Waals surface area (Å²) in [6, 6.07) is 9.44. The molecule has 0 saturated carbocycles. The number of thiophene rings is 1. The Morgan fingerprint density at radius 3 is 2.64 bits per heavy atom. The molecule has 3 rings (SSSR count). The van der Waals surface area contributed by atoms with Gasteiger partial charge in [0.25, 0.3) is 0 Å². The molecule has 0 saturated heterocycles. The van der Waals surface area contributed by atoms with E-state index in [1.165, 1.54) is 35.6 Å². The van der Waals surface area contributed by atoms with Crippen LogP contribution in [0.1, 0.15) is 10.4 Å². The smallest absolute Gasteiger partial charge is 0.387 e. The number of rotatable bonds is 4. The third kappa shape index (κ3) is 3.20. The van der Waals surface area contributed by atoms with Gasteiger partial charge in [0.2, 0.25) is 5.90 Å². The summed E-state index contributed by atoms with van der Waals surface area (Å²) in [6.45, 7) is -2.88. The molecule has 1 aliphatic rings. The van der Waals surface area contributed by atoms with Crippen LogP contribution in [0.25, 0.3) is 6.08 Å². The molecule has 0 fully saturated rings. The molecule has 1 aliphatic heterocycles. The maximum atomic E-state index is 12.1. The van der Waals surface area contributed by atoms with Gasteiger partial charge in [0.05, 0.1) is 0 Å². The number of halogens is 2. The molecule has 2 heterocycles. The molecule has 0 N–H and O–H groups in total. The third-order valence-corrected chi connectivity index (χ3v) is 3.59. The predicted molar refractivity (Wildman–Crippen MR) is 78.0 cm³/mol. The minimum absolute atomic E-state index is 0.0259. The van der Waals surface area contributed by atoms with Crippen LogP contribution in [0, 0.1) is 0 Å². The molecule has 2 aromatic rings. The maximum absolute atomic E-state index is 12.1. The number of carbonyl (C=O) groups excluding carboxylic acids is 1. The van der Waals surface area contributed by atoms with Gasteiger partial charge in [0.1, 0.15) is 5.75 Å². The zero-order valence-electron chi connectivity index (χ0n) is 11.0. The van der Waals surface area contributed by atoms with Gasteiger partial charge < -0.3 is 9.47 Å². The Hall–Kier alpha value is -2.54. The maximum Gasteiger partial charge on any atom is 0.387 e. The SMILES string of the molecule is O=C1OC(c2ccc(OC(F)F)cc2)=N/C1=C/c1cccs1. The normalized spacial score (nSPS) is 16.0. The quantitative estimate of drug-likeness (QED) is 0.637. The first-order chi connectivity index (χ1) is 10.6.